The Labute approximate surface area is 200 Å². The van der Waals surface area contributed by atoms with Gasteiger partial charge in [-0.25, -0.2) is 0 Å². The van der Waals surface area contributed by atoms with Gasteiger partial charge in [0.15, 0.2) is 0 Å². The van der Waals surface area contributed by atoms with Crippen LogP contribution in [0.25, 0.3) is 22.3 Å². The topological polar surface area (TPSA) is 73.5 Å². The van der Waals surface area contributed by atoms with Gasteiger partial charge in [0.05, 0.1) is 6.04 Å². The maximum atomic E-state index is 6.30. The van der Waals surface area contributed by atoms with Crippen LogP contribution in [-0.2, 0) is 13.0 Å². The summed E-state index contributed by atoms with van der Waals surface area (Å²) in [5, 5.41) is 17.2. The number of hydrogen-bond donors (Lipinski definition) is 2. The number of aromatic nitrogens is 5. The molecule has 0 saturated carbocycles. The van der Waals surface area contributed by atoms with Gasteiger partial charge < -0.3 is 4.98 Å². The molecule has 0 saturated heterocycles. The van der Waals surface area contributed by atoms with Crippen LogP contribution in [0.4, 0.5) is 0 Å². The Balaban J connectivity index is 1.48. The first kappa shape index (κ1) is 20.4. The molecule has 2 aromatic heterocycles. The first-order chi connectivity index (χ1) is 16.2. The van der Waals surface area contributed by atoms with E-state index in [2.05, 4.69) is 66.9 Å². The van der Waals surface area contributed by atoms with Crippen molar-refractivity contribution in [3.05, 3.63) is 99.2 Å². The summed E-state index contributed by atoms with van der Waals surface area (Å²) in [6.45, 7) is 1.64. The van der Waals surface area contributed by atoms with Crippen molar-refractivity contribution >= 4 is 34.1 Å². The first-order valence-corrected chi connectivity index (χ1v) is 11.5. The SMILES string of the molecule is Clc1cc(Cl)cc(CN2CCc3c([nH]c4ccccc34)C2c2cccc(-c3nn[nH]n3)c2)c1. The fourth-order valence-electron chi connectivity index (χ4n) is 4.91. The van der Waals surface area contributed by atoms with Crippen molar-refractivity contribution in [3.63, 3.8) is 0 Å². The molecule has 33 heavy (non-hydrogen) atoms. The van der Waals surface area contributed by atoms with Gasteiger partial charge in [-0.3, -0.25) is 4.90 Å². The van der Waals surface area contributed by atoms with Gasteiger partial charge in [-0.05, 0) is 58.7 Å². The van der Waals surface area contributed by atoms with E-state index in [-0.39, 0.29) is 6.04 Å². The average molecular weight is 475 g/mol. The zero-order valence-electron chi connectivity index (χ0n) is 17.6. The van der Waals surface area contributed by atoms with Gasteiger partial charge in [-0.1, -0.05) is 59.6 Å². The molecule has 164 valence electrons. The molecule has 1 aliphatic rings. The quantitative estimate of drug-likeness (QED) is 0.345. The molecule has 6 rings (SSSR count). The molecule has 0 radical (unpaired) electrons. The first-order valence-electron chi connectivity index (χ1n) is 10.8. The number of aromatic amines is 2. The van der Waals surface area contributed by atoms with Gasteiger partial charge in [-0.2, -0.15) is 5.21 Å². The summed E-state index contributed by atoms with van der Waals surface area (Å²) < 4.78 is 0. The van der Waals surface area contributed by atoms with Gasteiger partial charge in [0.1, 0.15) is 0 Å². The second kappa shape index (κ2) is 8.30. The monoisotopic (exact) mass is 474 g/mol. The zero-order valence-corrected chi connectivity index (χ0v) is 19.1. The van der Waals surface area contributed by atoms with E-state index in [4.69, 9.17) is 23.2 Å². The summed E-state index contributed by atoms with van der Waals surface area (Å²) in [4.78, 5) is 6.18. The van der Waals surface area contributed by atoms with Crippen LogP contribution in [0.15, 0.2) is 66.7 Å². The van der Waals surface area contributed by atoms with Gasteiger partial charge in [0.2, 0.25) is 5.82 Å². The minimum Gasteiger partial charge on any atom is -0.357 e. The maximum Gasteiger partial charge on any atom is 0.204 e. The molecule has 1 atom stereocenters. The Kier molecular flexibility index (Phi) is 5.14. The average Bonchev–Trinajstić information content (AvgIpc) is 3.47. The molecule has 6 nitrogen and oxygen atoms in total. The van der Waals surface area contributed by atoms with Crippen molar-refractivity contribution in [1.82, 2.24) is 30.5 Å². The van der Waals surface area contributed by atoms with E-state index in [1.54, 1.807) is 6.07 Å². The van der Waals surface area contributed by atoms with E-state index in [1.807, 2.05) is 24.3 Å². The number of rotatable bonds is 4. The second-order valence-electron chi connectivity index (χ2n) is 8.32. The molecule has 0 spiro atoms. The molecular weight excluding hydrogens is 455 g/mol. The standard InChI is InChI=1S/C25H20Cl2N6/c26-18-10-15(11-19(27)13-18)14-33-9-8-21-20-6-1-2-7-22(20)28-23(21)24(33)16-4-3-5-17(12-16)25-29-31-32-30-25/h1-7,10-13,24,28H,8-9,14H2,(H,29,30,31,32). The number of benzene rings is 3. The minimum absolute atomic E-state index is 0.0331. The number of fused-ring (bicyclic) bond motifs is 3. The van der Waals surface area contributed by atoms with E-state index in [0.29, 0.717) is 15.9 Å². The van der Waals surface area contributed by atoms with Crippen molar-refractivity contribution in [2.75, 3.05) is 6.54 Å². The molecule has 0 fully saturated rings. The van der Waals surface area contributed by atoms with Crippen molar-refractivity contribution in [1.29, 1.82) is 0 Å². The highest BCUT2D eigenvalue weighted by atomic mass is 35.5. The summed E-state index contributed by atoms with van der Waals surface area (Å²) in [6, 6.07) is 22.6. The lowest BCUT2D eigenvalue weighted by atomic mass is 9.91. The van der Waals surface area contributed by atoms with Gasteiger partial charge in [0, 0.05) is 45.3 Å². The van der Waals surface area contributed by atoms with Crippen LogP contribution >= 0.6 is 23.2 Å². The number of para-hydroxylation sites is 1. The Hall–Kier alpha value is -3.19. The van der Waals surface area contributed by atoms with Gasteiger partial charge >= 0.3 is 0 Å². The summed E-state index contributed by atoms with van der Waals surface area (Å²) in [7, 11) is 0. The Morgan fingerprint density at radius 1 is 0.970 bits per heavy atom. The summed E-state index contributed by atoms with van der Waals surface area (Å²) in [5.41, 5.74) is 6.94. The third kappa shape index (κ3) is 3.80. The zero-order chi connectivity index (χ0) is 22.4. The Bertz CT molecular complexity index is 1420. The lowest BCUT2D eigenvalue weighted by Gasteiger charge is -2.36. The third-order valence-corrected chi connectivity index (χ3v) is 6.68. The molecule has 0 aliphatic carbocycles. The van der Waals surface area contributed by atoms with Crippen LogP contribution in [-0.4, -0.2) is 37.1 Å². The maximum absolute atomic E-state index is 6.30. The Morgan fingerprint density at radius 3 is 2.64 bits per heavy atom. The number of halogens is 2. The van der Waals surface area contributed by atoms with E-state index in [0.717, 1.165) is 41.7 Å². The molecule has 1 unspecified atom stereocenters. The molecule has 1 aliphatic heterocycles. The van der Waals surface area contributed by atoms with Crippen LogP contribution in [0.5, 0.6) is 0 Å². The number of hydrogen-bond acceptors (Lipinski definition) is 4. The summed E-state index contributed by atoms with van der Waals surface area (Å²) >= 11 is 12.6. The number of H-pyrrole nitrogens is 2. The van der Waals surface area contributed by atoms with Crippen LogP contribution < -0.4 is 0 Å². The van der Waals surface area contributed by atoms with Gasteiger partial charge in [-0.15, -0.1) is 10.2 Å². The molecule has 8 heteroatoms. The lowest BCUT2D eigenvalue weighted by molar-refractivity contribution is 0.202. The Morgan fingerprint density at radius 2 is 1.82 bits per heavy atom. The van der Waals surface area contributed by atoms with Crippen LogP contribution in [0, 0.1) is 0 Å². The number of nitrogens with one attached hydrogen (secondary N) is 2. The van der Waals surface area contributed by atoms with Crippen LogP contribution in [0.2, 0.25) is 10.0 Å². The molecular formula is C25H20Cl2N6. The molecule has 0 amide bonds. The number of tetrazole rings is 1. The summed E-state index contributed by atoms with van der Waals surface area (Å²) in [5.74, 6) is 0.581. The highest BCUT2D eigenvalue weighted by Gasteiger charge is 2.32. The number of nitrogens with zero attached hydrogens (tertiary/aromatic N) is 4. The van der Waals surface area contributed by atoms with E-state index >= 15 is 0 Å². The van der Waals surface area contributed by atoms with Gasteiger partial charge in [0.25, 0.3) is 0 Å². The molecule has 0 bridgehead atoms. The van der Waals surface area contributed by atoms with Crippen molar-refractivity contribution in [2.24, 2.45) is 0 Å². The predicted molar refractivity (Wildman–Crippen MR) is 130 cm³/mol. The van der Waals surface area contributed by atoms with E-state index < -0.39 is 0 Å². The fourth-order valence-corrected chi connectivity index (χ4v) is 5.48. The smallest absolute Gasteiger partial charge is 0.204 e. The van der Waals surface area contributed by atoms with Crippen LogP contribution in [0.1, 0.15) is 28.4 Å². The molecule has 3 heterocycles. The van der Waals surface area contributed by atoms with Crippen molar-refractivity contribution in [3.8, 4) is 11.4 Å². The predicted octanol–water partition coefficient (Wildman–Crippen LogP) is 5.80. The van der Waals surface area contributed by atoms with Crippen molar-refractivity contribution in [2.45, 2.75) is 19.0 Å². The second-order valence-corrected chi connectivity index (χ2v) is 9.20. The highest BCUT2D eigenvalue weighted by Crippen LogP contribution is 2.40. The molecule has 5 aromatic rings. The van der Waals surface area contributed by atoms with E-state index in [1.165, 1.54) is 16.6 Å². The van der Waals surface area contributed by atoms with Crippen LogP contribution in [0.3, 0.4) is 0 Å². The largest absolute Gasteiger partial charge is 0.357 e. The fraction of sp³-hybridized carbons (Fsp3) is 0.160. The highest BCUT2D eigenvalue weighted by molar-refractivity contribution is 6.34. The third-order valence-electron chi connectivity index (χ3n) is 6.25. The normalized spacial score (nSPS) is 16.2. The minimum atomic E-state index is 0.0331. The van der Waals surface area contributed by atoms with E-state index in [9.17, 15) is 0 Å². The lowest BCUT2D eigenvalue weighted by Crippen LogP contribution is -2.35. The molecule has 3 aromatic carbocycles. The van der Waals surface area contributed by atoms with Crippen molar-refractivity contribution < 1.29 is 0 Å². The summed E-state index contributed by atoms with van der Waals surface area (Å²) in [6.07, 6.45) is 0.967. The molecule has 2 N–H and O–H groups in total.